The molecule has 1 atom stereocenters. The SMILES string of the molecule is O=C(CC1C2=C(C=NN1c1ncc[nH]1)CCCC2)c1cccc([N+](=O)[O-])c1. The Morgan fingerprint density at radius 1 is 1.33 bits per heavy atom. The molecular formula is C19H19N5O3. The van der Waals surface area contributed by atoms with Crippen molar-refractivity contribution in [1.82, 2.24) is 9.97 Å². The molecule has 1 unspecified atom stereocenters. The number of anilines is 1. The van der Waals surface area contributed by atoms with Gasteiger partial charge in [0.05, 0.1) is 17.2 Å². The van der Waals surface area contributed by atoms with Gasteiger partial charge in [-0.15, -0.1) is 0 Å². The summed E-state index contributed by atoms with van der Waals surface area (Å²) in [6.45, 7) is 0. The summed E-state index contributed by atoms with van der Waals surface area (Å²) in [5.41, 5.74) is 2.67. The van der Waals surface area contributed by atoms with Gasteiger partial charge < -0.3 is 4.98 Å². The summed E-state index contributed by atoms with van der Waals surface area (Å²) in [6, 6.07) is 5.65. The van der Waals surface area contributed by atoms with Crippen molar-refractivity contribution >= 4 is 23.6 Å². The number of rotatable bonds is 5. The smallest absolute Gasteiger partial charge is 0.270 e. The fraction of sp³-hybridized carbons (Fsp3) is 0.316. The van der Waals surface area contributed by atoms with E-state index in [1.807, 2.05) is 6.21 Å². The van der Waals surface area contributed by atoms with E-state index in [1.165, 1.54) is 23.3 Å². The monoisotopic (exact) mass is 365 g/mol. The molecule has 4 rings (SSSR count). The highest BCUT2D eigenvalue weighted by Gasteiger charge is 2.32. The maximum absolute atomic E-state index is 12.9. The number of hydrazone groups is 1. The van der Waals surface area contributed by atoms with Gasteiger partial charge in [0.15, 0.2) is 5.78 Å². The van der Waals surface area contributed by atoms with Crippen LogP contribution >= 0.6 is 0 Å². The van der Waals surface area contributed by atoms with Crippen LogP contribution in [-0.4, -0.2) is 32.9 Å². The van der Waals surface area contributed by atoms with E-state index in [1.54, 1.807) is 29.5 Å². The van der Waals surface area contributed by atoms with E-state index in [9.17, 15) is 14.9 Å². The van der Waals surface area contributed by atoms with Crippen LogP contribution in [0.1, 0.15) is 42.5 Å². The number of carbonyl (C=O) groups is 1. The number of nitro benzene ring substituents is 1. The van der Waals surface area contributed by atoms with Crippen molar-refractivity contribution in [2.45, 2.75) is 38.1 Å². The van der Waals surface area contributed by atoms with Crippen molar-refractivity contribution in [3.8, 4) is 0 Å². The van der Waals surface area contributed by atoms with Crippen LogP contribution < -0.4 is 5.01 Å². The fourth-order valence-corrected chi connectivity index (χ4v) is 3.72. The van der Waals surface area contributed by atoms with E-state index in [2.05, 4.69) is 15.1 Å². The van der Waals surface area contributed by atoms with Crippen LogP contribution in [0.25, 0.3) is 0 Å². The highest BCUT2D eigenvalue weighted by Crippen LogP contribution is 2.35. The molecule has 0 amide bonds. The van der Waals surface area contributed by atoms with Crippen molar-refractivity contribution in [1.29, 1.82) is 0 Å². The first-order chi connectivity index (χ1) is 13.1. The molecule has 27 heavy (non-hydrogen) atoms. The largest absolute Gasteiger partial charge is 0.329 e. The molecule has 2 aliphatic rings. The molecule has 8 heteroatoms. The third kappa shape index (κ3) is 3.38. The molecular weight excluding hydrogens is 346 g/mol. The van der Waals surface area contributed by atoms with Gasteiger partial charge in [0.25, 0.3) is 5.69 Å². The molecule has 138 valence electrons. The standard InChI is InChI=1S/C19H19N5O3/c25-18(13-5-3-6-15(10-13)24(26)27)11-17-16-7-2-1-4-14(16)12-22-23(17)19-20-8-9-21-19/h3,5-6,8-10,12,17H,1-2,4,7,11H2,(H,20,21). The molecule has 0 fully saturated rings. The lowest BCUT2D eigenvalue weighted by atomic mass is 9.84. The van der Waals surface area contributed by atoms with Crippen molar-refractivity contribution in [2.24, 2.45) is 5.10 Å². The zero-order valence-corrected chi connectivity index (χ0v) is 14.7. The highest BCUT2D eigenvalue weighted by molar-refractivity contribution is 5.98. The molecule has 0 saturated heterocycles. The van der Waals surface area contributed by atoms with Crippen LogP contribution in [0.4, 0.5) is 11.6 Å². The first-order valence-electron chi connectivity index (χ1n) is 8.95. The van der Waals surface area contributed by atoms with Gasteiger partial charge in [0.1, 0.15) is 0 Å². The minimum absolute atomic E-state index is 0.0806. The molecule has 2 aromatic rings. The number of Topliss-reactive ketones (excluding diaryl/α,β-unsaturated/α-hetero) is 1. The van der Waals surface area contributed by atoms with Crippen LogP contribution in [0.15, 0.2) is 52.9 Å². The first-order valence-corrected chi connectivity index (χ1v) is 8.95. The van der Waals surface area contributed by atoms with Gasteiger partial charge in [-0.25, -0.2) is 9.99 Å². The number of imidazole rings is 1. The van der Waals surface area contributed by atoms with E-state index < -0.39 is 4.92 Å². The topological polar surface area (TPSA) is 104 Å². The molecule has 0 saturated carbocycles. The fourth-order valence-electron chi connectivity index (χ4n) is 3.72. The van der Waals surface area contributed by atoms with Crippen LogP contribution in [0.5, 0.6) is 0 Å². The third-order valence-corrected chi connectivity index (χ3v) is 5.05. The predicted molar refractivity (Wildman–Crippen MR) is 101 cm³/mol. The normalized spacial score (nSPS) is 19.1. The second kappa shape index (κ2) is 7.14. The predicted octanol–water partition coefficient (Wildman–Crippen LogP) is 3.64. The summed E-state index contributed by atoms with van der Waals surface area (Å²) in [6.07, 6.45) is 9.52. The second-order valence-corrected chi connectivity index (χ2v) is 6.71. The molecule has 1 aromatic carbocycles. The number of hydrogen-bond donors (Lipinski definition) is 1. The zero-order valence-electron chi connectivity index (χ0n) is 14.7. The summed E-state index contributed by atoms with van der Waals surface area (Å²) in [7, 11) is 0. The number of aromatic nitrogens is 2. The Bertz CT molecular complexity index is 933. The van der Waals surface area contributed by atoms with Gasteiger partial charge in [-0.2, -0.15) is 5.10 Å². The maximum atomic E-state index is 12.9. The number of hydrogen-bond acceptors (Lipinski definition) is 6. The van der Waals surface area contributed by atoms with E-state index in [0.29, 0.717) is 11.5 Å². The lowest BCUT2D eigenvalue weighted by molar-refractivity contribution is -0.384. The molecule has 2 heterocycles. The van der Waals surface area contributed by atoms with Gasteiger partial charge >= 0.3 is 0 Å². The second-order valence-electron chi connectivity index (χ2n) is 6.71. The molecule has 0 bridgehead atoms. The Morgan fingerprint density at radius 3 is 2.96 bits per heavy atom. The number of benzene rings is 1. The molecule has 0 radical (unpaired) electrons. The van der Waals surface area contributed by atoms with Crippen molar-refractivity contribution in [3.63, 3.8) is 0 Å². The number of allylic oxidation sites excluding steroid dienone is 1. The molecule has 1 aliphatic heterocycles. The molecule has 0 spiro atoms. The minimum atomic E-state index is -0.487. The number of non-ortho nitro benzene ring substituents is 1. The molecule has 1 N–H and O–H groups in total. The average Bonchev–Trinajstić information content (AvgIpc) is 3.23. The number of nitrogens with zero attached hydrogens (tertiary/aromatic N) is 4. The number of carbonyl (C=O) groups excluding carboxylic acids is 1. The van der Waals surface area contributed by atoms with Gasteiger partial charge in [0.2, 0.25) is 5.95 Å². The minimum Gasteiger partial charge on any atom is -0.329 e. The summed E-state index contributed by atoms with van der Waals surface area (Å²) >= 11 is 0. The summed E-state index contributed by atoms with van der Waals surface area (Å²) < 4.78 is 0. The molecule has 8 nitrogen and oxygen atoms in total. The number of nitrogens with one attached hydrogen (secondary N) is 1. The van der Waals surface area contributed by atoms with Crippen LogP contribution in [0.3, 0.4) is 0 Å². The third-order valence-electron chi connectivity index (χ3n) is 5.05. The molecule has 1 aromatic heterocycles. The van der Waals surface area contributed by atoms with Gasteiger partial charge in [-0.1, -0.05) is 12.1 Å². The van der Waals surface area contributed by atoms with Crippen molar-refractivity contribution < 1.29 is 9.72 Å². The molecule has 1 aliphatic carbocycles. The number of ketones is 1. The van der Waals surface area contributed by atoms with E-state index in [0.717, 1.165) is 25.7 Å². The Kier molecular flexibility index (Phi) is 4.53. The summed E-state index contributed by atoms with van der Waals surface area (Å²) in [4.78, 5) is 30.8. The lowest BCUT2D eigenvalue weighted by Gasteiger charge is -2.35. The average molecular weight is 365 g/mol. The zero-order chi connectivity index (χ0) is 18.8. The quantitative estimate of drug-likeness (QED) is 0.495. The maximum Gasteiger partial charge on any atom is 0.270 e. The highest BCUT2D eigenvalue weighted by atomic mass is 16.6. The van der Waals surface area contributed by atoms with E-state index in [-0.39, 0.29) is 23.9 Å². The van der Waals surface area contributed by atoms with Gasteiger partial charge in [0, 0.05) is 36.5 Å². The number of H-pyrrole nitrogens is 1. The lowest BCUT2D eigenvalue weighted by Crippen LogP contribution is -2.39. The number of nitro groups is 1. The summed E-state index contributed by atoms with van der Waals surface area (Å²) in [5, 5.41) is 17.3. The van der Waals surface area contributed by atoms with Crippen molar-refractivity contribution in [2.75, 3.05) is 5.01 Å². The van der Waals surface area contributed by atoms with Gasteiger partial charge in [-0.3, -0.25) is 14.9 Å². The van der Waals surface area contributed by atoms with Crippen LogP contribution in [-0.2, 0) is 0 Å². The first kappa shape index (κ1) is 17.1. The Balaban J connectivity index is 1.65. The van der Waals surface area contributed by atoms with Crippen LogP contribution in [0.2, 0.25) is 0 Å². The van der Waals surface area contributed by atoms with Crippen molar-refractivity contribution in [3.05, 3.63) is 63.5 Å². The Morgan fingerprint density at radius 2 is 2.19 bits per heavy atom. The Hall–Kier alpha value is -3.29. The van der Waals surface area contributed by atoms with E-state index in [4.69, 9.17) is 0 Å². The van der Waals surface area contributed by atoms with E-state index >= 15 is 0 Å². The Labute approximate surface area is 155 Å². The number of aromatic amines is 1. The summed E-state index contributed by atoms with van der Waals surface area (Å²) in [5.74, 6) is 0.440. The van der Waals surface area contributed by atoms with Gasteiger partial charge in [-0.05, 0) is 36.8 Å². The van der Waals surface area contributed by atoms with Crippen LogP contribution in [0, 0.1) is 10.1 Å².